The summed E-state index contributed by atoms with van der Waals surface area (Å²) in [6.07, 6.45) is 0. The molecule has 17 heavy (non-hydrogen) atoms. The molecule has 2 aromatic rings. The number of methoxy groups -OCH3 is 1. The molecule has 1 aromatic carbocycles. The number of amides is 1. The molecule has 0 radical (unpaired) electrons. The molecule has 88 valence electrons. The molecule has 0 fully saturated rings. The number of carbonyl (C=O) groups is 1. The third kappa shape index (κ3) is 1.92. The number of hydrogen-bond acceptors (Lipinski definition) is 4. The predicted octanol–water partition coefficient (Wildman–Crippen LogP) is 0.766. The van der Waals surface area contributed by atoms with Crippen molar-refractivity contribution in [2.75, 3.05) is 12.8 Å². The molecule has 6 nitrogen and oxygen atoms in total. The molecule has 0 aliphatic rings. The highest BCUT2D eigenvalue weighted by Crippen LogP contribution is 2.26. The third-order valence-electron chi connectivity index (χ3n) is 2.42. The van der Waals surface area contributed by atoms with Crippen molar-refractivity contribution in [1.29, 1.82) is 0 Å². The SMILES string of the molecule is COc1ccc(-c2[nH]nc(N)c2C(N)=O)cc1. The molecule has 5 N–H and O–H groups in total. The van der Waals surface area contributed by atoms with Crippen LogP contribution >= 0.6 is 0 Å². The Balaban J connectivity index is 2.49. The second kappa shape index (κ2) is 4.17. The largest absolute Gasteiger partial charge is 0.497 e. The van der Waals surface area contributed by atoms with E-state index >= 15 is 0 Å². The first kappa shape index (κ1) is 11.0. The number of primary amides is 1. The lowest BCUT2D eigenvalue weighted by Gasteiger charge is -2.03. The first-order valence-corrected chi connectivity index (χ1v) is 4.91. The molecule has 1 aromatic heterocycles. The van der Waals surface area contributed by atoms with Gasteiger partial charge in [0.25, 0.3) is 5.91 Å². The number of nitrogens with one attached hydrogen (secondary N) is 1. The maximum absolute atomic E-state index is 11.3. The van der Waals surface area contributed by atoms with E-state index in [1.807, 2.05) is 0 Å². The summed E-state index contributed by atoms with van der Waals surface area (Å²) in [6.45, 7) is 0. The van der Waals surface area contributed by atoms with E-state index in [9.17, 15) is 4.79 Å². The minimum absolute atomic E-state index is 0.100. The number of anilines is 1. The van der Waals surface area contributed by atoms with Crippen LogP contribution < -0.4 is 16.2 Å². The highest BCUT2D eigenvalue weighted by molar-refractivity contribution is 6.03. The van der Waals surface area contributed by atoms with Crippen LogP contribution in [0.4, 0.5) is 5.82 Å². The van der Waals surface area contributed by atoms with Crippen LogP contribution in [0.15, 0.2) is 24.3 Å². The fourth-order valence-corrected chi connectivity index (χ4v) is 1.57. The normalized spacial score (nSPS) is 10.2. The number of nitrogens with two attached hydrogens (primary N) is 2. The van der Waals surface area contributed by atoms with Crippen LogP contribution in [-0.2, 0) is 0 Å². The Morgan fingerprint density at radius 1 is 1.35 bits per heavy atom. The summed E-state index contributed by atoms with van der Waals surface area (Å²) in [7, 11) is 1.58. The zero-order valence-corrected chi connectivity index (χ0v) is 9.23. The van der Waals surface area contributed by atoms with Gasteiger partial charge in [0.1, 0.15) is 11.3 Å². The number of ether oxygens (including phenoxy) is 1. The summed E-state index contributed by atoms with van der Waals surface area (Å²) >= 11 is 0. The highest BCUT2D eigenvalue weighted by atomic mass is 16.5. The van der Waals surface area contributed by atoms with E-state index in [0.717, 1.165) is 11.3 Å². The standard InChI is InChI=1S/C11H12N4O2/c1-17-7-4-2-6(3-5-7)9-8(11(13)16)10(12)15-14-9/h2-5H,1H3,(H2,13,16)(H3,12,14,15). The van der Waals surface area contributed by atoms with Crippen molar-refractivity contribution in [3.05, 3.63) is 29.8 Å². The van der Waals surface area contributed by atoms with Gasteiger partial charge in [0, 0.05) is 5.56 Å². The molecular weight excluding hydrogens is 220 g/mol. The van der Waals surface area contributed by atoms with Gasteiger partial charge in [-0.25, -0.2) is 0 Å². The van der Waals surface area contributed by atoms with E-state index < -0.39 is 5.91 Å². The summed E-state index contributed by atoms with van der Waals surface area (Å²) in [6, 6.07) is 7.13. The number of nitrogens with zero attached hydrogens (tertiary/aromatic N) is 1. The Morgan fingerprint density at radius 3 is 2.53 bits per heavy atom. The number of aromatic amines is 1. The molecule has 0 saturated carbocycles. The van der Waals surface area contributed by atoms with E-state index in [1.54, 1.807) is 31.4 Å². The Bertz CT molecular complexity index is 545. The number of rotatable bonds is 3. The van der Waals surface area contributed by atoms with Crippen LogP contribution in [0.2, 0.25) is 0 Å². The molecule has 1 heterocycles. The first-order chi connectivity index (χ1) is 8.13. The summed E-state index contributed by atoms with van der Waals surface area (Å²) in [5.41, 5.74) is 12.3. The van der Waals surface area contributed by atoms with Gasteiger partial charge < -0.3 is 16.2 Å². The van der Waals surface area contributed by atoms with Crippen LogP contribution in [0.5, 0.6) is 5.75 Å². The summed E-state index contributed by atoms with van der Waals surface area (Å²) < 4.78 is 5.05. The van der Waals surface area contributed by atoms with Crippen molar-refractivity contribution in [2.24, 2.45) is 5.73 Å². The second-order valence-electron chi connectivity index (χ2n) is 3.45. The average Bonchev–Trinajstić information content (AvgIpc) is 2.71. The molecule has 0 saturated heterocycles. The molecule has 6 heteroatoms. The molecule has 0 spiro atoms. The van der Waals surface area contributed by atoms with E-state index in [0.29, 0.717) is 5.69 Å². The van der Waals surface area contributed by atoms with Crippen LogP contribution in [0.1, 0.15) is 10.4 Å². The Kier molecular flexibility index (Phi) is 2.70. The monoisotopic (exact) mass is 232 g/mol. The lowest BCUT2D eigenvalue weighted by atomic mass is 10.1. The minimum atomic E-state index is -0.609. The van der Waals surface area contributed by atoms with E-state index in [4.69, 9.17) is 16.2 Å². The number of hydrogen-bond donors (Lipinski definition) is 3. The van der Waals surface area contributed by atoms with Gasteiger partial charge in [-0.15, -0.1) is 0 Å². The van der Waals surface area contributed by atoms with Crippen LogP contribution in [0.25, 0.3) is 11.3 Å². The zero-order valence-electron chi connectivity index (χ0n) is 9.23. The number of carbonyl (C=O) groups excluding carboxylic acids is 1. The van der Waals surface area contributed by atoms with Gasteiger partial charge in [-0.05, 0) is 24.3 Å². The molecule has 0 aliphatic heterocycles. The molecule has 0 bridgehead atoms. The maximum Gasteiger partial charge on any atom is 0.254 e. The summed E-state index contributed by atoms with van der Waals surface area (Å²) in [4.78, 5) is 11.3. The quantitative estimate of drug-likeness (QED) is 0.726. The van der Waals surface area contributed by atoms with E-state index in [1.165, 1.54) is 0 Å². The fraction of sp³-hybridized carbons (Fsp3) is 0.0909. The third-order valence-corrected chi connectivity index (χ3v) is 2.42. The van der Waals surface area contributed by atoms with Crippen molar-refractivity contribution in [1.82, 2.24) is 10.2 Å². The lowest BCUT2D eigenvalue weighted by Crippen LogP contribution is -2.13. The molecule has 0 aliphatic carbocycles. The summed E-state index contributed by atoms with van der Waals surface area (Å²) in [5.74, 6) is 0.215. The van der Waals surface area contributed by atoms with Crippen molar-refractivity contribution < 1.29 is 9.53 Å². The van der Waals surface area contributed by atoms with Gasteiger partial charge in [0.2, 0.25) is 0 Å². The summed E-state index contributed by atoms with van der Waals surface area (Å²) in [5, 5.41) is 6.47. The van der Waals surface area contributed by atoms with E-state index in [-0.39, 0.29) is 11.4 Å². The molecule has 1 amide bonds. The fourth-order valence-electron chi connectivity index (χ4n) is 1.57. The minimum Gasteiger partial charge on any atom is -0.497 e. The number of H-pyrrole nitrogens is 1. The molecular formula is C11H12N4O2. The molecule has 2 rings (SSSR count). The predicted molar refractivity (Wildman–Crippen MR) is 63.5 cm³/mol. The molecule has 0 unspecified atom stereocenters. The van der Waals surface area contributed by atoms with Gasteiger partial charge in [0.15, 0.2) is 5.82 Å². The number of aromatic nitrogens is 2. The van der Waals surface area contributed by atoms with Crippen LogP contribution in [-0.4, -0.2) is 23.2 Å². The van der Waals surface area contributed by atoms with Crippen molar-refractivity contribution in [3.8, 4) is 17.0 Å². The van der Waals surface area contributed by atoms with Gasteiger partial charge in [-0.1, -0.05) is 0 Å². The van der Waals surface area contributed by atoms with Gasteiger partial charge in [0.05, 0.1) is 12.8 Å². The second-order valence-corrected chi connectivity index (χ2v) is 3.45. The van der Waals surface area contributed by atoms with Crippen molar-refractivity contribution >= 4 is 11.7 Å². The average molecular weight is 232 g/mol. The number of benzene rings is 1. The van der Waals surface area contributed by atoms with Gasteiger partial charge in [-0.3, -0.25) is 9.89 Å². The molecule has 0 atom stereocenters. The lowest BCUT2D eigenvalue weighted by molar-refractivity contribution is 0.100. The number of nitrogen functional groups attached to an aromatic ring is 1. The topological polar surface area (TPSA) is 107 Å². The Labute approximate surface area is 97.6 Å². The van der Waals surface area contributed by atoms with Crippen molar-refractivity contribution in [3.63, 3.8) is 0 Å². The smallest absolute Gasteiger partial charge is 0.254 e. The Hall–Kier alpha value is -2.50. The van der Waals surface area contributed by atoms with Gasteiger partial charge in [-0.2, -0.15) is 5.10 Å². The van der Waals surface area contributed by atoms with Crippen LogP contribution in [0, 0.1) is 0 Å². The van der Waals surface area contributed by atoms with E-state index in [2.05, 4.69) is 10.2 Å². The van der Waals surface area contributed by atoms with Crippen LogP contribution in [0.3, 0.4) is 0 Å². The Morgan fingerprint density at radius 2 is 2.00 bits per heavy atom. The van der Waals surface area contributed by atoms with Gasteiger partial charge >= 0.3 is 0 Å². The first-order valence-electron chi connectivity index (χ1n) is 4.91. The highest BCUT2D eigenvalue weighted by Gasteiger charge is 2.17. The maximum atomic E-state index is 11.3. The van der Waals surface area contributed by atoms with Crippen molar-refractivity contribution in [2.45, 2.75) is 0 Å². The zero-order chi connectivity index (χ0) is 12.4.